The molecule has 0 saturated heterocycles. The molecule has 3 N–H and O–H groups in total. The average Bonchev–Trinajstić information content (AvgIpc) is 1.86. The summed E-state index contributed by atoms with van der Waals surface area (Å²) in [5.74, 6) is -1.04. The number of nitrogens with one attached hydrogen (secondary N) is 1. The minimum absolute atomic E-state index is 1.04. The molecule has 0 spiro atoms. The lowest BCUT2D eigenvalue weighted by Gasteiger charge is -2.25. The zero-order chi connectivity index (χ0) is 7.49. The maximum Gasteiger partial charge on any atom is 0.222 e. The second-order valence-corrected chi connectivity index (χ2v) is 3.05. The first-order valence-electron chi connectivity index (χ1n) is 2.35. The molecule has 0 bridgehead atoms. The van der Waals surface area contributed by atoms with Crippen molar-refractivity contribution in [3.63, 3.8) is 0 Å². The zero-order valence-electron chi connectivity index (χ0n) is 5.35. The summed E-state index contributed by atoms with van der Waals surface area (Å²) in [7, 11) is 3.36. The van der Waals surface area contributed by atoms with E-state index in [1.807, 2.05) is 28.9 Å². The Morgan fingerprint density at radius 3 is 2.33 bits per heavy atom. The summed E-state index contributed by atoms with van der Waals surface area (Å²) in [6.45, 7) is 0. The smallest absolute Gasteiger partial charge is 0.222 e. The topological polar surface area (TPSA) is 65.1 Å². The Hall–Kier alpha value is 0.100. The van der Waals surface area contributed by atoms with E-state index in [4.69, 9.17) is 11.0 Å². The third-order valence-electron chi connectivity index (χ3n) is 1.04. The summed E-state index contributed by atoms with van der Waals surface area (Å²) in [6, 6.07) is 1.91. The lowest BCUT2D eigenvalue weighted by Crippen LogP contribution is -2.58. The molecule has 0 aliphatic carbocycles. The predicted molar refractivity (Wildman–Crippen MR) is 43.4 cm³/mol. The van der Waals surface area contributed by atoms with Crippen LogP contribution in [0.3, 0.4) is 0 Å². The number of rotatable bonds is 2. The summed E-state index contributed by atoms with van der Waals surface area (Å²) < 4.78 is 1.57. The average molecular weight is 240 g/mol. The van der Waals surface area contributed by atoms with Gasteiger partial charge in [-0.05, 0) is 7.05 Å². The molecule has 0 aromatic heterocycles. The Bertz CT molecular complexity index is 129. The molecular formula is C4H9IN4. The lowest BCUT2D eigenvalue weighted by molar-refractivity contribution is 0.300. The highest BCUT2D eigenvalue weighted by molar-refractivity contribution is 14.1. The molecule has 0 aromatic rings. The number of nitriles is 1. The summed E-state index contributed by atoms with van der Waals surface area (Å²) in [5, 5.41) is 11.1. The van der Waals surface area contributed by atoms with E-state index in [0.717, 1.165) is 0 Å². The van der Waals surface area contributed by atoms with Crippen LogP contribution in [0.1, 0.15) is 0 Å². The number of hydrogen-bond acceptors (Lipinski definition) is 4. The highest BCUT2D eigenvalue weighted by Gasteiger charge is 2.25. The molecule has 5 heteroatoms. The number of hydrogen-bond donors (Lipinski definition) is 2. The molecule has 0 amide bonds. The van der Waals surface area contributed by atoms with E-state index in [0.29, 0.717) is 0 Å². The van der Waals surface area contributed by atoms with Gasteiger partial charge in [-0.15, -0.1) is 0 Å². The molecule has 0 rings (SSSR count). The molecule has 0 aliphatic rings. The van der Waals surface area contributed by atoms with Crippen LogP contribution in [-0.4, -0.2) is 23.0 Å². The van der Waals surface area contributed by atoms with Crippen LogP contribution < -0.4 is 11.1 Å². The van der Waals surface area contributed by atoms with Crippen molar-refractivity contribution in [1.82, 2.24) is 8.43 Å². The minimum atomic E-state index is -1.04. The van der Waals surface area contributed by atoms with Crippen LogP contribution in [-0.2, 0) is 0 Å². The van der Waals surface area contributed by atoms with Gasteiger partial charge in [0, 0.05) is 29.9 Å². The van der Waals surface area contributed by atoms with Gasteiger partial charge in [0.1, 0.15) is 6.07 Å². The summed E-state index contributed by atoms with van der Waals surface area (Å²) in [4.78, 5) is 0. The van der Waals surface area contributed by atoms with Gasteiger partial charge >= 0.3 is 0 Å². The lowest BCUT2D eigenvalue weighted by atomic mass is 10.4. The summed E-state index contributed by atoms with van der Waals surface area (Å²) >= 11 is 1.94. The van der Waals surface area contributed by atoms with Crippen molar-refractivity contribution in [2.45, 2.75) is 5.79 Å². The van der Waals surface area contributed by atoms with Crippen LogP contribution in [0, 0.1) is 11.3 Å². The Kier molecular flexibility index (Phi) is 3.35. The number of nitrogens with zero attached hydrogens (tertiary/aromatic N) is 2. The first kappa shape index (κ1) is 9.10. The first-order chi connectivity index (χ1) is 4.06. The Balaban J connectivity index is 4.14. The number of halogens is 1. The summed E-state index contributed by atoms with van der Waals surface area (Å²) in [5.41, 5.74) is 5.49. The molecule has 0 aliphatic heterocycles. The van der Waals surface area contributed by atoms with Gasteiger partial charge in [-0.3, -0.25) is 11.1 Å². The van der Waals surface area contributed by atoms with Gasteiger partial charge in [0.25, 0.3) is 0 Å². The minimum Gasteiger partial charge on any atom is -0.288 e. The van der Waals surface area contributed by atoms with Crippen molar-refractivity contribution in [3.8, 4) is 6.07 Å². The molecule has 0 radical (unpaired) electrons. The van der Waals surface area contributed by atoms with Crippen LogP contribution >= 0.6 is 22.9 Å². The monoisotopic (exact) mass is 240 g/mol. The van der Waals surface area contributed by atoms with E-state index < -0.39 is 5.79 Å². The van der Waals surface area contributed by atoms with Crippen LogP contribution in [0.25, 0.3) is 0 Å². The van der Waals surface area contributed by atoms with Gasteiger partial charge < -0.3 is 0 Å². The second-order valence-electron chi connectivity index (χ2n) is 1.61. The summed E-state index contributed by atoms with van der Waals surface area (Å²) in [6.07, 6.45) is 0. The fourth-order valence-corrected chi connectivity index (χ4v) is 0.628. The largest absolute Gasteiger partial charge is 0.288 e. The maximum atomic E-state index is 8.47. The molecule has 0 saturated carbocycles. The second kappa shape index (κ2) is 3.31. The van der Waals surface area contributed by atoms with E-state index in [9.17, 15) is 0 Å². The Morgan fingerprint density at radius 1 is 1.89 bits per heavy atom. The van der Waals surface area contributed by atoms with Gasteiger partial charge in [-0.25, -0.2) is 3.11 Å². The van der Waals surface area contributed by atoms with Crippen LogP contribution in [0.5, 0.6) is 0 Å². The number of nitrogens with two attached hydrogens (primary N) is 1. The van der Waals surface area contributed by atoms with Crippen LogP contribution in [0.15, 0.2) is 0 Å². The van der Waals surface area contributed by atoms with E-state index in [1.54, 1.807) is 17.2 Å². The van der Waals surface area contributed by atoms with Crippen LogP contribution in [0.2, 0.25) is 0 Å². The molecule has 9 heavy (non-hydrogen) atoms. The molecule has 0 fully saturated rings. The van der Waals surface area contributed by atoms with Crippen molar-refractivity contribution >= 4 is 22.9 Å². The van der Waals surface area contributed by atoms with Crippen molar-refractivity contribution < 1.29 is 0 Å². The maximum absolute atomic E-state index is 8.47. The van der Waals surface area contributed by atoms with Crippen molar-refractivity contribution in [2.75, 3.05) is 14.1 Å². The molecule has 52 valence electrons. The molecule has 0 aromatic carbocycles. The fraction of sp³-hybridized carbons (Fsp3) is 0.750. The molecule has 0 heterocycles. The SMILES string of the molecule is CNC(N)(C#N)N(C)I. The Labute approximate surface area is 68.5 Å². The van der Waals surface area contributed by atoms with Gasteiger partial charge in [0.05, 0.1) is 0 Å². The van der Waals surface area contributed by atoms with Crippen LogP contribution in [0.4, 0.5) is 0 Å². The van der Waals surface area contributed by atoms with Crippen molar-refractivity contribution in [1.29, 1.82) is 5.26 Å². The Morgan fingerprint density at radius 2 is 2.33 bits per heavy atom. The zero-order valence-corrected chi connectivity index (χ0v) is 7.51. The van der Waals surface area contributed by atoms with Gasteiger partial charge in [0.15, 0.2) is 0 Å². The van der Waals surface area contributed by atoms with E-state index in [-0.39, 0.29) is 0 Å². The quantitative estimate of drug-likeness (QED) is 0.392. The van der Waals surface area contributed by atoms with E-state index >= 15 is 0 Å². The highest BCUT2D eigenvalue weighted by atomic mass is 127. The van der Waals surface area contributed by atoms with Gasteiger partial charge in [-0.2, -0.15) is 5.26 Å². The van der Waals surface area contributed by atoms with Crippen molar-refractivity contribution in [3.05, 3.63) is 0 Å². The van der Waals surface area contributed by atoms with Crippen molar-refractivity contribution in [2.24, 2.45) is 5.73 Å². The van der Waals surface area contributed by atoms with Gasteiger partial charge in [0.2, 0.25) is 5.79 Å². The standard InChI is InChI=1S/C4H9IN4/c1-8-4(7,3-6)9(2)5/h8H,7H2,1-2H3. The first-order valence-corrected chi connectivity index (χ1v) is 3.32. The molecule has 1 atom stereocenters. The van der Waals surface area contributed by atoms with E-state index in [1.165, 1.54) is 0 Å². The normalized spacial score (nSPS) is 16.9. The van der Waals surface area contributed by atoms with Gasteiger partial charge in [-0.1, -0.05) is 0 Å². The highest BCUT2D eigenvalue weighted by Crippen LogP contribution is 2.05. The fourth-order valence-electron chi connectivity index (χ4n) is 0.279. The third kappa shape index (κ3) is 2.06. The molecular weight excluding hydrogens is 231 g/mol. The predicted octanol–water partition coefficient (Wildman–Crippen LogP) is -0.376. The van der Waals surface area contributed by atoms with E-state index in [2.05, 4.69) is 5.32 Å². The molecule has 1 unspecified atom stereocenters. The third-order valence-corrected chi connectivity index (χ3v) is 1.80. The molecule has 4 nitrogen and oxygen atoms in total.